The molecule has 0 saturated carbocycles. The van der Waals surface area contributed by atoms with Gasteiger partial charge in [-0.25, -0.2) is 5.90 Å². The second-order valence-electron chi connectivity index (χ2n) is 3.58. The normalized spacial score (nSPS) is 15.1. The van der Waals surface area contributed by atoms with Crippen molar-refractivity contribution in [3.05, 3.63) is 29.8 Å². The summed E-state index contributed by atoms with van der Waals surface area (Å²) in [6.45, 7) is 2.01. The lowest BCUT2D eigenvalue weighted by molar-refractivity contribution is 0.0594. The average molecular weight is 197 g/mol. The zero-order valence-electron chi connectivity index (χ0n) is 8.10. The van der Waals surface area contributed by atoms with Crippen LogP contribution < -0.4 is 5.90 Å². The van der Waals surface area contributed by atoms with Gasteiger partial charge in [-0.15, -0.1) is 0 Å². The van der Waals surface area contributed by atoms with Crippen LogP contribution in [0.1, 0.15) is 12.5 Å². The lowest BCUT2D eigenvalue weighted by Crippen LogP contribution is -2.33. The molecule has 4 N–H and O–H groups in total. The standard InChI is InChI=1S/C10H15NO3/c1-10(6-12,7-14-11)8-2-4-9(13)5-3-8/h2-5,12-13H,6-7,11H2,1H3. The number of hydrogen-bond donors (Lipinski definition) is 3. The van der Waals surface area contributed by atoms with Gasteiger partial charge in [-0.2, -0.15) is 0 Å². The Balaban J connectivity index is 2.94. The highest BCUT2D eigenvalue weighted by Crippen LogP contribution is 2.24. The summed E-state index contributed by atoms with van der Waals surface area (Å²) in [6, 6.07) is 6.62. The first kappa shape index (κ1) is 11.0. The summed E-state index contributed by atoms with van der Waals surface area (Å²) in [5.41, 5.74) is 0.353. The van der Waals surface area contributed by atoms with E-state index in [0.29, 0.717) is 0 Å². The lowest BCUT2D eigenvalue weighted by atomic mass is 9.84. The molecule has 0 fully saturated rings. The summed E-state index contributed by atoms with van der Waals surface area (Å²) in [4.78, 5) is 4.56. The van der Waals surface area contributed by atoms with Crippen LogP contribution >= 0.6 is 0 Å². The molecule has 0 heterocycles. The van der Waals surface area contributed by atoms with Crippen LogP contribution in [0, 0.1) is 0 Å². The van der Waals surface area contributed by atoms with E-state index in [-0.39, 0.29) is 19.0 Å². The molecule has 1 aromatic rings. The highest BCUT2D eigenvalue weighted by atomic mass is 16.6. The molecule has 0 saturated heterocycles. The quantitative estimate of drug-likeness (QED) is 0.615. The Hall–Kier alpha value is -1.10. The predicted molar refractivity (Wildman–Crippen MR) is 52.7 cm³/mol. The Morgan fingerprint density at radius 3 is 2.36 bits per heavy atom. The molecular formula is C10H15NO3. The third-order valence-electron chi connectivity index (χ3n) is 2.32. The van der Waals surface area contributed by atoms with Crippen molar-refractivity contribution in [1.29, 1.82) is 0 Å². The lowest BCUT2D eigenvalue weighted by Gasteiger charge is -2.26. The van der Waals surface area contributed by atoms with E-state index in [0.717, 1.165) is 5.56 Å². The Bertz CT molecular complexity index is 286. The van der Waals surface area contributed by atoms with Crippen LogP contribution in [-0.2, 0) is 10.3 Å². The van der Waals surface area contributed by atoms with Crippen molar-refractivity contribution in [2.24, 2.45) is 5.90 Å². The predicted octanol–water partition coefficient (Wildman–Crippen LogP) is 0.532. The maximum Gasteiger partial charge on any atom is 0.115 e. The number of aliphatic hydroxyl groups excluding tert-OH is 1. The fourth-order valence-corrected chi connectivity index (χ4v) is 1.27. The van der Waals surface area contributed by atoms with Gasteiger partial charge in [0.2, 0.25) is 0 Å². The third kappa shape index (κ3) is 2.23. The van der Waals surface area contributed by atoms with Crippen LogP contribution in [0.15, 0.2) is 24.3 Å². The van der Waals surface area contributed by atoms with Crippen LogP contribution in [-0.4, -0.2) is 23.4 Å². The van der Waals surface area contributed by atoms with Crippen LogP contribution in [0.2, 0.25) is 0 Å². The fraction of sp³-hybridized carbons (Fsp3) is 0.400. The van der Waals surface area contributed by atoms with Gasteiger partial charge in [-0.05, 0) is 17.7 Å². The van der Waals surface area contributed by atoms with E-state index in [1.807, 2.05) is 6.92 Å². The monoisotopic (exact) mass is 197 g/mol. The molecule has 1 atom stereocenters. The number of aromatic hydroxyl groups is 1. The highest BCUT2D eigenvalue weighted by Gasteiger charge is 2.26. The summed E-state index contributed by atoms with van der Waals surface area (Å²) in [5, 5.41) is 18.3. The molecule has 1 aromatic carbocycles. The van der Waals surface area contributed by atoms with E-state index in [1.54, 1.807) is 24.3 Å². The van der Waals surface area contributed by atoms with E-state index >= 15 is 0 Å². The molecule has 0 aliphatic carbocycles. The van der Waals surface area contributed by atoms with Gasteiger partial charge in [0, 0.05) is 5.41 Å². The molecular weight excluding hydrogens is 182 g/mol. The van der Waals surface area contributed by atoms with Crippen LogP contribution in [0.4, 0.5) is 0 Å². The summed E-state index contributed by atoms with van der Waals surface area (Å²) < 4.78 is 0. The number of nitrogens with two attached hydrogens (primary N) is 1. The number of rotatable bonds is 4. The molecule has 1 rings (SSSR count). The van der Waals surface area contributed by atoms with Crippen molar-refractivity contribution < 1.29 is 15.1 Å². The minimum atomic E-state index is -0.525. The number of benzene rings is 1. The molecule has 0 bridgehead atoms. The Kier molecular flexibility index (Phi) is 3.46. The van der Waals surface area contributed by atoms with Crippen molar-refractivity contribution in [2.75, 3.05) is 13.2 Å². The topological polar surface area (TPSA) is 75.7 Å². The summed E-state index contributed by atoms with van der Waals surface area (Å²) >= 11 is 0. The van der Waals surface area contributed by atoms with Crippen molar-refractivity contribution in [1.82, 2.24) is 0 Å². The second-order valence-corrected chi connectivity index (χ2v) is 3.58. The molecule has 0 aliphatic heterocycles. The van der Waals surface area contributed by atoms with E-state index in [2.05, 4.69) is 4.84 Å². The first-order valence-electron chi connectivity index (χ1n) is 4.34. The first-order valence-corrected chi connectivity index (χ1v) is 4.34. The van der Waals surface area contributed by atoms with Crippen molar-refractivity contribution in [3.63, 3.8) is 0 Å². The van der Waals surface area contributed by atoms with Crippen LogP contribution in [0.3, 0.4) is 0 Å². The van der Waals surface area contributed by atoms with Crippen molar-refractivity contribution >= 4 is 0 Å². The summed E-state index contributed by atoms with van der Waals surface area (Å²) in [7, 11) is 0. The van der Waals surface area contributed by atoms with Gasteiger partial charge in [-0.3, -0.25) is 0 Å². The average Bonchev–Trinajstić information content (AvgIpc) is 2.19. The molecule has 4 nitrogen and oxygen atoms in total. The van der Waals surface area contributed by atoms with Crippen molar-refractivity contribution in [2.45, 2.75) is 12.3 Å². The van der Waals surface area contributed by atoms with E-state index < -0.39 is 5.41 Å². The molecule has 0 aliphatic rings. The number of phenols is 1. The molecule has 0 spiro atoms. The smallest absolute Gasteiger partial charge is 0.115 e. The second kappa shape index (κ2) is 4.41. The Labute approximate surface area is 82.9 Å². The number of aliphatic hydroxyl groups is 1. The highest BCUT2D eigenvalue weighted by molar-refractivity contribution is 5.31. The number of phenolic OH excluding ortho intramolecular Hbond substituents is 1. The molecule has 0 amide bonds. The van der Waals surface area contributed by atoms with Crippen LogP contribution in [0.25, 0.3) is 0 Å². The summed E-state index contributed by atoms with van der Waals surface area (Å²) in [6.07, 6.45) is 0. The third-order valence-corrected chi connectivity index (χ3v) is 2.32. The molecule has 4 heteroatoms. The molecule has 78 valence electrons. The van der Waals surface area contributed by atoms with Gasteiger partial charge in [-0.1, -0.05) is 19.1 Å². The minimum Gasteiger partial charge on any atom is -0.508 e. The maximum atomic E-state index is 9.24. The molecule has 0 aromatic heterocycles. The SMILES string of the molecule is CC(CO)(CON)c1ccc(O)cc1. The fourth-order valence-electron chi connectivity index (χ4n) is 1.27. The van der Waals surface area contributed by atoms with Gasteiger partial charge in [0.1, 0.15) is 5.75 Å². The van der Waals surface area contributed by atoms with E-state index in [9.17, 15) is 5.11 Å². The zero-order valence-corrected chi connectivity index (χ0v) is 8.10. The maximum absolute atomic E-state index is 9.24. The molecule has 0 radical (unpaired) electrons. The van der Waals surface area contributed by atoms with Gasteiger partial charge in [0.25, 0.3) is 0 Å². The molecule has 1 unspecified atom stereocenters. The first-order chi connectivity index (χ1) is 6.62. The van der Waals surface area contributed by atoms with E-state index in [1.165, 1.54) is 0 Å². The number of hydrogen-bond acceptors (Lipinski definition) is 4. The van der Waals surface area contributed by atoms with Crippen molar-refractivity contribution in [3.8, 4) is 5.75 Å². The van der Waals surface area contributed by atoms with Gasteiger partial charge < -0.3 is 15.1 Å². The van der Waals surface area contributed by atoms with Crippen LogP contribution in [0.5, 0.6) is 5.75 Å². The van der Waals surface area contributed by atoms with E-state index in [4.69, 9.17) is 11.0 Å². The Morgan fingerprint density at radius 2 is 1.93 bits per heavy atom. The van der Waals surface area contributed by atoms with Gasteiger partial charge >= 0.3 is 0 Å². The Morgan fingerprint density at radius 1 is 1.36 bits per heavy atom. The zero-order chi connectivity index (χ0) is 10.6. The largest absolute Gasteiger partial charge is 0.508 e. The minimum absolute atomic E-state index is 0.0605. The van der Waals surface area contributed by atoms with Gasteiger partial charge in [0.05, 0.1) is 13.2 Å². The summed E-state index contributed by atoms with van der Waals surface area (Å²) in [5.74, 6) is 5.19. The van der Waals surface area contributed by atoms with Gasteiger partial charge in [0.15, 0.2) is 0 Å². The molecule has 14 heavy (non-hydrogen) atoms.